The van der Waals surface area contributed by atoms with E-state index in [9.17, 15) is 18.0 Å². The van der Waals surface area contributed by atoms with Crippen LogP contribution in [0.5, 0.6) is 11.5 Å². The number of nitrogens with two attached hydrogens (primary N) is 3. The predicted octanol–water partition coefficient (Wildman–Crippen LogP) is 8.15. The van der Waals surface area contributed by atoms with Crippen molar-refractivity contribution in [3.63, 3.8) is 0 Å². The first-order valence-electron chi connectivity index (χ1n) is 16.8. The second kappa shape index (κ2) is 17.7. The SMILES string of the molecule is CC.CCCN=C(N)N.NC(Cn1c(-c2ccccc2Oc2ccccc2)nc2cc(C(=O)NCc3cccc(C(F)(F)F)c3)ccc21)=C1CC1. The third kappa shape index (κ3) is 10.6. The number of imidazole rings is 1. The van der Waals surface area contributed by atoms with Crippen LogP contribution in [0.1, 0.15) is 61.5 Å². The number of benzene rings is 4. The van der Waals surface area contributed by atoms with Crippen LogP contribution in [0.3, 0.4) is 0 Å². The molecular formula is C39H44F3N7O2. The first-order valence-corrected chi connectivity index (χ1v) is 16.8. The number of alkyl halides is 3. The Morgan fingerprint density at radius 3 is 2.27 bits per heavy atom. The van der Waals surface area contributed by atoms with E-state index in [2.05, 4.69) is 10.3 Å². The molecule has 1 fully saturated rings. The number of hydrogen-bond donors (Lipinski definition) is 4. The number of carbonyl (C=O) groups excluding carboxylic acids is 1. The van der Waals surface area contributed by atoms with E-state index in [4.69, 9.17) is 26.9 Å². The Morgan fingerprint density at radius 1 is 0.922 bits per heavy atom. The van der Waals surface area contributed by atoms with Gasteiger partial charge in [-0.15, -0.1) is 0 Å². The van der Waals surface area contributed by atoms with Gasteiger partial charge in [-0.05, 0) is 85.0 Å². The minimum Gasteiger partial charge on any atom is -0.457 e. The van der Waals surface area contributed by atoms with Crippen LogP contribution in [0.25, 0.3) is 22.4 Å². The lowest BCUT2D eigenvalue weighted by molar-refractivity contribution is -0.137. The highest BCUT2D eigenvalue weighted by Gasteiger charge is 2.30. The maximum Gasteiger partial charge on any atom is 0.416 e. The number of allylic oxidation sites excluding steroid dienone is 2. The van der Waals surface area contributed by atoms with Crippen LogP contribution in [-0.2, 0) is 19.3 Å². The molecule has 1 aromatic heterocycles. The summed E-state index contributed by atoms with van der Waals surface area (Å²) in [5.74, 6) is 1.71. The first-order chi connectivity index (χ1) is 24.5. The van der Waals surface area contributed by atoms with Gasteiger partial charge in [0, 0.05) is 24.4 Å². The maximum atomic E-state index is 13.1. The molecule has 1 heterocycles. The van der Waals surface area contributed by atoms with Crippen molar-refractivity contribution in [3.05, 3.63) is 125 Å². The van der Waals surface area contributed by atoms with Gasteiger partial charge in [0.2, 0.25) is 0 Å². The molecule has 0 aliphatic heterocycles. The molecule has 268 valence electrons. The minimum atomic E-state index is -4.45. The van der Waals surface area contributed by atoms with E-state index in [1.165, 1.54) is 11.6 Å². The maximum absolute atomic E-state index is 13.1. The Labute approximate surface area is 296 Å². The Hall–Kier alpha value is -5.78. The van der Waals surface area contributed by atoms with Gasteiger partial charge in [-0.1, -0.05) is 63.2 Å². The van der Waals surface area contributed by atoms with Gasteiger partial charge in [-0.3, -0.25) is 9.79 Å². The van der Waals surface area contributed by atoms with E-state index in [0.717, 1.165) is 54.7 Å². The molecule has 0 atom stereocenters. The predicted molar refractivity (Wildman–Crippen MR) is 197 cm³/mol. The Morgan fingerprint density at radius 2 is 1.63 bits per heavy atom. The largest absolute Gasteiger partial charge is 0.457 e. The second-order valence-corrected chi connectivity index (χ2v) is 11.5. The van der Waals surface area contributed by atoms with E-state index in [0.29, 0.717) is 40.5 Å². The van der Waals surface area contributed by atoms with E-state index < -0.39 is 17.6 Å². The first kappa shape index (κ1) is 38.0. The molecule has 0 unspecified atom stereocenters. The van der Waals surface area contributed by atoms with Gasteiger partial charge >= 0.3 is 6.18 Å². The lowest BCUT2D eigenvalue weighted by Gasteiger charge is -2.14. The van der Waals surface area contributed by atoms with Gasteiger partial charge in [0.1, 0.15) is 17.3 Å². The fourth-order valence-corrected chi connectivity index (χ4v) is 5.04. The molecule has 7 N–H and O–H groups in total. The van der Waals surface area contributed by atoms with Gasteiger partial charge in [-0.2, -0.15) is 13.2 Å². The highest BCUT2D eigenvalue weighted by atomic mass is 19.4. The van der Waals surface area contributed by atoms with Gasteiger partial charge in [0.05, 0.1) is 28.7 Å². The van der Waals surface area contributed by atoms with Crippen LogP contribution in [0, 0.1) is 0 Å². The average Bonchev–Trinajstić information content (AvgIpc) is 3.93. The van der Waals surface area contributed by atoms with Crippen molar-refractivity contribution in [3.8, 4) is 22.9 Å². The highest BCUT2D eigenvalue weighted by Crippen LogP contribution is 2.37. The number of guanidine groups is 1. The number of ether oxygens (including phenoxy) is 1. The number of halogens is 3. The molecule has 1 aliphatic carbocycles. The molecule has 0 radical (unpaired) electrons. The quantitative estimate of drug-likeness (QED) is 0.0855. The summed E-state index contributed by atoms with van der Waals surface area (Å²) in [6, 6.07) is 27.1. The van der Waals surface area contributed by atoms with Crippen LogP contribution in [0.15, 0.2) is 113 Å². The molecule has 1 aliphatic rings. The monoisotopic (exact) mass is 699 g/mol. The van der Waals surface area contributed by atoms with Crippen LogP contribution < -0.4 is 27.3 Å². The summed E-state index contributed by atoms with van der Waals surface area (Å²) in [6.07, 6.45) is -1.49. The normalized spacial score (nSPS) is 11.8. The van der Waals surface area contributed by atoms with Crippen molar-refractivity contribution in [1.82, 2.24) is 14.9 Å². The Kier molecular flexibility index (Phi) is 13.2. The lowest BCUT2D eigenvalue weighted by atomic mass is 10.1. The van der Waals surface area contributed by atoms with E-state index >= 15 is 0 Å². The van der Waals surface area contributed by atoms with Gasteiger partial charge < -0.3 is 31.8 Å². The smallest absolute Gasteiger partial charge is 0.416 e. The number of nitrogens with zero attached hydrogens (tertiary/aromatic N) is 3. The number of aliphatic imine (C=N–C) groups is 1. The van der Waals surface area contributed by atoms with Crippen molar-refractivity contribution >= 4 is 22.9 Å². The molecule has 0 saturated heterocycles. The fourth-order valence-electron chi connectivity index (χ4n) is 5.04. The van der Waals surface area contributed by atoms with Crippen molar-refractivity contribution in [1.29, 1.82) is 0 Å². The summed E-state index contributed by atoms with van der Waals surface area (Å²) < 4.78 is 47.5. The molecule has 4 aromatic carbocycles. The van der Waals surface area contributed by atoms with E-state index in [1.807, 2.05) is 86.0 Å². The summed E-state index contributed by atoms with van der Waals surface area (Å²) in [4.78, 5) is 21.7. The van der Waals surface area contributed by atoms with Gasteiger partial charge in [-0.25, -0.2) is 4.98 Å². The fraction of sp³-hybridized carbons (Fsp3) is 0.256. The molecule has 5 aromatic rings. The van der Waals surface area contributed by atoms with Crippen molar-refractivity contribution in [2.45, 2.75) is 59.3 Å². The van der Waals surface area contributed by atoms with Crippen LogP contribution >= 0.6 is 0 Å². The Balaban J connectivity index is 0.000000581. The molecule has 0 bridgehead atoms. The zero-order valence-corrected chi connectivity index (χ0v) is 29.0. The standard InChI is InChI=1S/C33H27F3N4O2.C4H11N3.C2H6/c34-33(35,36)24-8-6-7-21(17-24)19-38-32(41)23-15-16-29-28(18-23)39-31(40(29)20-27(37)22-13-14-22)26-11-4-5-12-30(26)42-25-9-2-1-3-10-25;1-2-3-7-4(5)6;1-2/h1-12,15-18H,13-14,19-20,37H2,(H,38,41);2-3H2,1H3,(H4,5,6,7);1-2H3. The number of hydrogen-bond acceptors (Lipinski definition) is 5. The molecular weight excluding hydrogens is 655 g/mol. The molecule has 6 rings (SSSR count). The number of amides is 1. The van der Waals surface area contributed by atoms with E-state index in [-0.39, 0.29) is 12.5 Å². The highest BCUT2D eigenvalue weighted by molar-refractivity contribution is 5.98. The van der Waals surface area contributed by atoms with Crippen LogP contribution in [0.2, 0.25) is 0 Å². The third-order valence-corrected chi connectivity index (χ3v) is 7.62. The van der Waals surface area contributed by atoms with Crippen molar-refractivity contribution in [2.24, 2.45) is 22.2 Å². The number of fused-ring (bicyclic) bond motifs is 1. The summed E-state index contributed by atoms with van der Waals surface area (Å²) in [5.41, 5.74) is 20.5. The number of para-hydroxylation sites is 2. The summed E-state index contributed by atoms with van der Waals surface area (Å²) in [5, 5.41) is 2.72. The van der Waals surface area contributed by atoms with Crippen LogP contribution in [-0.4, -0.2) is 28.0 Å². The zero-order chi connectivity index (χ0) is 37.0. The van der Waals surface area contributed by atoms with Crippen LogP contribution in [0.4, 0.5) is 13.2 Å². The lowest BCUT2D eigenvalue weighted by Crippen LogP contribution is -2.23. The number of rotatable bonds is 10. The minimum absolute atomic E-state index is 0.0468. The number of aromatic nitrogens is 2. The third-order valence-electron chi connectivity index (χ3n) is 7.62. The topological polar surface area (TPSA) is 147 Å². The van der Waals surface area contributed by atoms with Crippen molar-refractivity contribution in [2.75, 3.05) is 6.54 Å². The van der Waals surface area contributed by atoms with Crippen molar-refractivity contribution < 1.29 is 22.7 Å². The summed E-state index contributed by atoms with van der Waals surface area (Å²) in [7, 11) is 0. The van der Waals surface area contributed by atoms with E-state index in [1.54, 1.807) is 18.2 Å². The summed E-state index contributed by atoms with van der Waals surface area (Å²) in [6.45, 7) is 7.14. The molecule has 51 heavy (non-hydrogen) atoms. The van der Waals surface area contributed by atoms with Gasteiger partial charge in [0.25, 0.3) is 5.91 Å². The summed E-state index contributed by atoms with van der Waals surface area (Å²) >= 11 is 0. The zero-order valence-electron chi connectivity index (χ0n) is 29.0. The molecule has 1 amide bonds. The molecule has 1 saturated carbocycles. The molecule has 9 nitrogen and oxygen atoms in total. The Bertz CT molecular complexity index is 1980. The number of nitrogens with one attached hydrogen (secondary N) is 1. The van der Waals surface area contributed by atoms with Gasteiger partial charge in [0.15, 0.2) is 5.96 Å². The average molecular weight is 700 g/mol. The molecule has 0 spiro atoms. The molecule has 12 heteroatoms. The second-order valence-electron chi connectivity index (χ2n) is 11.5. The number of carbonyl (C=O) groups is 1.